The van der Waals surface area contributed by atoms with Gasteiger partial charge in [0.15, 0.2) is 0 Å². The number of carboxylic acid groups (broad SMARTS) is 2. The van der Waals surface area contributed by atoms with Gasteiger partial charge in [0.25, 0.3) is 0 Å². The Morgan fingerprint density at radius 2 is 1.10 bits per heavy atom. The molecule has 0 aliphatic heterocycles. The monoisotopic (exact) mass is 300 g/mol. The second-order valence-electron chi connectivity index (χ2n) is 6.26. The highest BCUT2D eigenvalue weighted by molar-refractivity contribution is 5.79. The number of carboxylic acids is 2. The summed E-state index contributed by atoms with van der Waals surface area (Å²) in [5.41, 5.74) is -1.81. The van der Waals surface area contributed by atoms with E-state index in [0.717, 1.165) is 25.7 Å². The third-order valence-electron chi connectivity index (χ3n) is 4.96. The predicted octanol–water partition coefficient (Wildman–Crippen LogP) is 4.72. The molecule has 2 atom stereocenters. The van der Waals surface area contributed by atoms with Gasteiger partial charge in [-0.1, -0.05) is 53.4 Å². The number of rotatable bonds is 12. The van der Waals surface area contributed by atoms with Crippen molar-refractivity contribution < 1.29 is 19.8 Å². The Hall–Kier alpha value is -1.06. The van der Waals surface area contributed by atoms with Gasteiger partial charge in [-0.3, -0.25) is 9.59 Å². The molecule has 2 unspecified atom stereocenters. The molecule has 4 heteroatoms. The predicted molar refractivity (Wildman–Crippen MR) is 84.4 cm³/mol. The maximum atomic E-state index is 11.9. The van der Waals surface area contributed by atoms with E-state index in [1.807, 2.05) is 27.7 Å². The average Bonchev–Trinajstić information content (AvgIpc) is 2.46. The Bertz CT molecular complexity index is 308. The fourth-order valence-electron chi connectivity index (χ4n) is 3.13. The lowest BCUT2D eigenvalue weighted by Gasteiger charge is -2.38. The van der Waals surface area contributed by atoms with E-state index in [-0.39, 0.29) is 6.42 Å². The Labute approximate surface area is 128 Å². The van der Waals surface area contributed by atoms with Crippen LogP contribution in [0.25, 0.3) is 0 Å². The second-order valence-corrected chi connectivity index (χ2v) is 6.26. The molecule has 4 nitrogen and oxygen atoms in total. The van der Waals surface area contributed by atoms with Gasteiger partial charge in [0.05, 0.1) is 10.8 Å². The maximum Gasteiger partial charge on any atom is 0.309 e. The van der Waals surface area contributed by atoms with Gasteiger partial charge >= 0.3 is 11.9 Å². The lowest BCUT2D eigenvalue weighted by Crippen LogP contribution is -2.41. The van der Waals surface area contributed by atoms with E-state index < -0.39 is 22.8 Å². The minimum Gasteiger partial charge on any atom is -0.481 e. The summed E-state index contributed by atoms with van der Waals surface area (Å²) in [5, 5.41) is 19.4. The van der Waals surface area contributed by atoms with Crippen LogP contribution in [0, 0.1) is 10.8 Å². The summed E-state index contributed by atoms with van der Waals surface area (Å²) in [6, 6.07) is 0. The molecule has 0 amide bonds. The maximum absolute atomic E-state index is 11.9. The topological polar surface area (TPSA) is 74.6 Å². The molecule has 0 fully saturated rings. The van der Waals surface area contributed by atoms with Crippen molar-refractivity contribution >= 4 is 11.9 Å². The van der Waals surface area contributed by atoms with Crippen molar-refractivity contribution in [1.82, 2.24) is 0 Å². The molecule has 0 saturated heterocycles. The SMILES string of the molecule is CCCCC(CC)(CC(CC)(CCCC)C(=O)O)C(=O)O. The number of carbonyl (C=O) groups is 2. The molecule has 0 aromatic carbocycles. The fraction of sp³-hybridized carbons (Fsp3) is 0.882. The summed E-state index contributed by atoms with van der Waals surface area (Å²) in [7, 11) is 0. The number of aliphatic carboxylic acids is 2. The third kappa shape index (κ3) is 5.01. The molecule has 0 bridgehead atoms. The molecular weight excluding hydrogens is 268 g/mol. The zero-order valence-electron chi connectivity index (χ0n) is 14.1. The van der Waals surface area contributed by atoms with Crippen molar-refractivity contribution in [3.63, 3.8) is 0 Å². The van der Waals surface area contributed by atoms with Crippen LogP contribution in [0.15, 0.2) is 0 Å². The van der Waals surface area contributed by atoms with Crippen LogP contribution in [0.1, 0.15) is 85.5 Å². The molecular formula is C17H32O4. The van der Waals surface area contributed by atoms with Gasteiger partial charge in [-0.25, -0.2) is 0 Å². The van der Waals surface area contributed by atoms with E-state index in [4.69, 9.17) is 0 Å². The first kappa shape index (κ1) is 19.9. The third-order valence-corrected chi connectivity index (χ3v) is 4.96. The first-order valence-electron chi connectivity index (χ1n) is 8.31. The molecule has 0 spiro atoms. The molecule has 0 aromatic rings. The molecule has 0 heterocycles. The van der Waals surface area contributed by atoms with Crippen molar-refractivity contribution in [3.8, 4) is 0 Å². The first-order valence-corrected chi connectivity index (χ1v) is 8.31. The highest BCUT2D eigenvalue weighted by Gasteiger charge is 2.47. The Kier molecular flexibility index (Phi) is 8.60. The Morgan fingerprint density at radius 3 is 1.29 bits per heavy atom. The Morgan fingerprint density at radius 1 is 0.762 bits per heavy atom. The van der Waals surface area contributed by atoms with E-state index in [2.05, 4.69) is 0 Å². The first-order chi connectivity index (χ1) is 9.84. The average molecular weight is 300 g/mol. The number of hydrogen-bond acceptors (Lipinski definition) is 2. The van der Waals surface area contributed by atoms with Crippen LogP contribution < -0.4 is 0 Å². The van der Waals surface area contributed by atoms with E-state index in [1.54, 1.807) is 0 Å². The summed E-state index contributed by atoms with van der Waals surface area (Å²) in [6.45, 7) is 7.80. The van der Waals surface area contributed by atoms with Crippen LogP contribution in [0.2, 0.25) is 0 Å². The number of hydrogen-bond donors (Lipinski definition) is 2. The van der Waals surface area contributed by atoms with Crippen LogP contribution in [-0.4, -0.2) is 22.2 Å². The standard InChI is InChI=1S/C17H32O4/c1-5-9-11-16(7-3,14(18)19)13-17(8-4,15(20)21)12-10-6-2/h5-13H2,1-4H3,(H,18,19)(H,20,21). The van der Waals surface area contributed by atoms with E-state index >= 15 is 0 Å². The highest BCUT2D eigenvalue weighted by atomic mass is 16.4. The van der Waals surface area contributed by atoms with Crippen LogP contribution >= 0.6 is 0 Å². The molecule has 0 rings (SSSR count). The Balaban J connectivity index is 5.46. The van der Waals surface area contributed by atoms with Gasteiger partial charge in [0.1, 0.15) is 0 Å². The minimum absolute atomic E-state index is 0.248. The lowest BCUT2D eigenvalue weighted by molar-refractivity contribution is -0.160. The summed E-state index contributed by atoms with van der Waals surface area (Å²) < 4.78 is 0. The molecule has 0 aliphatic carbocycles. The quantitative estimate of drug-likeness (QED) is 0.547. The van der Waals surface area contributed by atoms with Gasteiger partial charge in [-0.15, -0.1) is 0 Å². The summed E-state index contributed by atoms with van der Waals surface area (Å²) in [5.74, 6) is -1.68. The zero-order valence-corrected chi connectivity index (χ0v) is 14.1. The summed E-state index contributed by atoms with van der Waals surface area (Å²) in [4.78, 5) is 23.7. The second kappa shape index (κ2) is 9.06. The largest absolute Gasteiger partial charge is 0.481 e. The molecule has 2 N–H and O–H groups in total. The highest BCUT2D eigenvalue weighted by Crippen LogP contribution is 2.45. The van der Waals surface area contributed by atoms with Gasteiger partial charge in [0, 0.05) is 0 Å². The molecule has 0 aliphatic rings. The molecule has 0 radical (unpaired) electrons. The smallest absolute Gasteiger partial charge is 0.309 e. The normalized spacial score (nSPS) is 17.0. The summed E-state index contributed by atoms with van der Waals surface area (Å²) >= 11 is 0. The van der Waals surface area contributed by atoms with Crippen LogP contribution in [0.5, 0.6) is 0 Å². The minimum atomic E-state index is -0.905. The fourth-order valence-corrected chi connectivity index (χ4v) is 3.13. The van der Waals surface area contributed by atoms with Gasteiger partial charge in [-0.2, -0.15) is 0 Å². The zero-order chi connectivity index (χ0) is 16.5. The molecule has 0 saturated carbocycles. The van der Waals surface area contributed by atoms with E-state index in [0.29, 0.717) is 25.7 Å². The van der Waals surface area contributed by atoms with Crippen LogP contribution in [-0.2, 0) is 9.59 Å². The van der Waals surface area contributed by atoms with Crippen LogP contribution in [0.4, 0.5) is 0 Å². The van der Waals surface area contributed by atoms with Crippen molar-refractivity contribution in [1.29, 1.82) is 0 Å². The van der Waals surface area contributed by atoms with Crippen molar-refractivity contribution in [3.05, 3.63) is 0 Å². The van der Waals surface area contributed by atoms with Gasteiger partial charge in [0.2, 0.25) is 0 Å². The molecule has 124 valence electrons. The lowest BCUT2D eigenvalue weighted by atomic mass is 9.64. The van der Waals surface area contributed by atoms with E-state index in [9.17, 15) is 19.8 Å². The van der Waals surface area contributed by atoms with Gasteiger partial charge < -0.3 is 10.2 Å². The molecule has 21 heavy (non-hydrogen) atoms. The van der Waals surface area contributed by atoms with Crippen molar-refractivity contribution in [2.24, 2.45) is 10.8 Å². The van der Waals surface area contributed by atoms with Crippen molar-refractivity contribution in [2.45, 2.75) is 85.5 Å². The number of unbranched alkanes of at least 4 members (excludes halogenated alkanes) is 2. The van der Waals surface area contributed by atoms with Crippen molar-refractivity contribution in [2.75, 3.05) is 0 Å². The van der Waals surface area contributed by atoms with Gasteiger partial charge in [-0.05, 0) is 32.1 Å². The van der Waals surface area contributed by atoms with E-state index in [1.165, 1.54) is 0 Å². The molecule has 0 aromatic heterocycles. The summed E-state index contributed by atoms with van der Waals surface area (Å²) in [6.07, 6.45) is 5.87. The van der Waals surface area contributed by atoms with Crippen LogP contribution in [0.3, 0.4) is 0 Å².